The lowest BCUT2D eigenvalue weighted by molar-refractivity contribution is -0.141. The van der Waals surface area contributed by atoms with Crippen LogP contribution in [0.3, 0.4) is 0 Å². The molecule has 2 heterocycles. The fourth-order valence-corrected chi connectivity index (χ4v) is 2.40. The number of carbonyl (C=O) groups excluding carboxylic acids is 1. The van der Waals surface area contributed by atoms with Crippen LogP contribution in [0.1, 0.15) is 23.5 Å². The Morgan fingerprint density at radius 3 is 2.77 bits per heavy atom. The lowest BCUT2D eigenvalue weighted by Gasteiger charge is -2.17. The first-order chi connectivity index (χ1) is 14.0. The Balaban J connectivity index is 1.81. The van der Waals surface area contributed by atoms with Crippen molar-refractivity contribution in [2.75, 3.05) is 6.54 Å². The predicted molar refractivity (Wildman–Crippen MR) is 98.5 cm³/mol. The zero-order chi connectivity index (χ0) is 22.3. The van der Waals surface area contributed by atoms with Gasteiger partial charge in [-0.2, -0.15) is 13.2 Å². The van der Waals surface area contributed by atoms with Crippen molar-refractivity contribution in [2.45, 2.75) is 38.8 Å². The van der Waals surface area contributed by atoms with E-state index >= 15 is 0 Å². The number of aryl methyl sites for hydroxylation is 2. The van der Waals surface area contributed by atoms with Crippen LogP contribution in [0.25, 0.3) is 0 Å². The Morgan fingerprint density at radius 1 is 1.40 bits per heavy atom. The van der Waals surface area contributed by atoms with Crippen LogP contribution in [0.2, 0.25) is 0 Å². The molecule has 2 rings (SSSR count). The van der Waals surface area contributed by atoms with Crippen LogP contribution in [0.15, 0.2) is 36.3 Å². The van der Waals surface area contributed by atoms with E-state index in [2.05, 4.69) is 20.6 Å². The van der Waals surface area contributed by atoms with Crippen molar-refractivity contribution in [3.05, 3.63) is 53.4 Å². The van der Waals surface area contributed by atoms with E-state index in [9.17, 15) is 22.4 Å². The molecule has 30 heavy (non-hydrogen) atoms. The van der Waals surface area contributed by atoms with Crippen molar-refractivity contribution in [2.24, 2.45) is 11.6 Å². The van der Waals surface area contributed by atoms with Gasteiger partial charge in [0, 0.05) is 25.4 Å². The quantitative estimate of drug-likeness (QED) is 0.235. The van der Waals surface area contributed by atoms with Crippen molar-refractivity contribution in [1.29, 1.82) is 0 Å². The molecule has 0 aliphatic carbocycles. The summed E-state index contributed by atoms with van der Waals surface area (Å²) in [6, 6.07) is 3.33. The highest BCUT2D eigenvalue weighted by molar-refractivity contribution is 5.92. The second kappa shape index (κ2) is 10.0. The Kier molecular flexibility index (Phi) is 7.69. The van der Waals surface area contributed by atoms with Crippen LogP contribution in [0, 0.1) is 6.92 Å². The third kappa shape index (κ3) is 7.31. The largest absolute Gasteiger partial charge is 0.433 e. The van der Waals surface area contributed by atoms with Crippen LogP contribution >= 0.6 is 0 Å². The number of pyridine rings is 1. The lowest BCUT2D eigenvalue weighted by Crippen LogP contribution is -2.36. The minimum absolute atomic E-state index is 0.00255. The van der Waals surface area contributed by atoms with Crippen molar-refractivity contribution in [3.63, 3.8) is 0 Å². The maximum atomic E-state index is 14.0. The minimum atomic E-state index is -4.59. The number of aromatic nitrogens is 4. The Hall–Kier alpha value is -3.22. The van der Waals surface area contributed by atoms with Crippen molar-refractivity contribution in [1.82, 2.24) is 30.3 Å². The van der Waals surface area contributed by atoms with Crippen molar-refractivity contribution < 1.29 is 22.4 Å². The number of amides is 1. The summed E-state index contributed by atoms with van der Waals surface area (Å²) < 4.78 is 53.5. The van der Waals surface area contributed by atoms with Crippen molar-refractivity contribution >= 4 is 5.91 Å². The average Bonchev–Trinajstić information content (AvgIpc) is 3.09. The summed E-state index contributed by atoms with van der Waals surface area (Å²) in [6.07, 6.45) is -3.07. The molecular weight excluding hydrogens is 408 g/mol. The molecule has 0 aliphatic heterocycles. The molecule has 0 bridgehead atoms. The van der Waals surface area contributed by atoms with Crippen LogP contribution in [0.5, 0.6) is 0 Å². The van der Waals surface area contributed by atoms with Gasteiger partial charge >= 0.3 is 6.18 Å². The van der Waals surface area contributed by atoms with E-state index in [1.54, 1.807) is 13.1 Å². The first-order valence-corrected chi connectivity index (χ1v) is 8.85. The highest BCUT2D eigenvalue weighted by Gasteiger charge is 2.32. The predicted octanol–water partition coefficient (Wildman–Crippen LogP) is 1.02. The number of nitrogens with one attached hydrogen (secondary N) is 1. The van der Waals surface area contributed by atoms with Gasteiger partial charge in [0.05, 0.1) is 24.5 Å². The maximum Gasteiger partial charge on any atom is 0.433 e. The van der Waals surface area contributed by atoms with Crippen LogP contribution in [-0.4, -0.2) is 43.6 Å². The maximum absolute atomic E-state index is 14.0. The third-order valence-electron chi connectivity index (χ3n) is 3.83. The summed E-state index contributed by atoms with van der Waals surface area (Å²) >= 11 is 0. The molecule has 0 aromatic carbocycles. The summed E-state index contributed by atoms with van der Waals surface area (Å²) in [7, 11) is 0. The lowest BCUT2D eigenvalue weighted by atomic mass is 10.2. The molecule has 5 N–H and O–H groups in total. The number of alkyl halides is 4. The SMILES string of the molecule is Cc1cn(CCC(F)CN(N)/C=C(\N)C(=O)NCc2cccc(C(F)(F)F)n2)nn1. The van der Waals surface area contributed by atoms with E-state index in [0.29, 0.717) is 12.2 Å². The van der Waals surface area contributed by atoms with Crippen LogP contribution < -0.4 is 16.9 Å². The molecule has 0 radical (unpaired) electrons. The number of hydrogen-bond acceptors (Lipinski definition) is 7. The van der Waals surface area contributed by atoms with Gasteiger partial charge in [-0.1, -0.05) is 11.3 Å². The van der Waals surface area contributed by atoms with E-state index in [4.69, 9.17) is 11.6 Å². The van der Waals surface area contributed by atoms with E-state index in [1.807, 2.05) is 0 Å². The molecule has 164 valence electrons. The van der Waals surface area contributed by atoms with Gasteiger partial charge in [-0.05, 0) is 19.1 Å². The van der Waals surface area contributed by atoms with Gasteiger partial charge in [0.2, 0.25) is 0 Å². The molecule has 2 aromatic rings. The number of carbonyl (C=O) groups is 1. The summed E-state index contributed by atoms with van der Waals surface area (Å²) in [5.74, 6) is 4.87. The summed E-state index contributed by atoms with van der Waals surface area (Å²) in [5, 5.41) is 10.9. The van der Waals surface area contributed by atoms with Crippen LogP contribution in [-0.2, 0) is 24.1 Å². The molecule has 1 atom stereocenters. The van der Waals surface area contributed by atoms with E-state index in [0.717, 1.165) is 17.3 Å². The van der Waals surface area contributed by atoms with E-state index in [-0.39, 0.29) is 30.9 Å². The first-order valence-electron chi connectivity index (χ1n) is 8.85. The van der Waals surface area contributed by atoms with Gasteiger partial charge in [0.1, 0.15) is 17.6 Å². The number of hydrazine groups is 1. The summed E-state index contributed by atoms with van der Waals surface area (Å²) in [4.78, 5) is 15.4. The standard InChI is InChI=1S/C17H22F4N8O/c1-11-8-29(27-26-11)6-5-12(18)9-28(23)10-14(22)16(30)24-7-13-3-2-4-15(25-13)17(19,20)21/h2-4,8,10,12H,5-7,9,22-23H2,1H3,(H,24,30)/b14-10-. The molecule has 13 heteroatoms. The Morgan fingerprint density at radius 2 is 2.13 bits per heavy atom. The third-order valence-corrected chi connectivity index (χ3v) is 3.83. The molecule has 0 saturated carbocycles. The zero-order valence-corrected chi connectivity index (χ0v) is 16.1. The second-order valence-corrected chi connectivity index (χ2v) is 6.48. The molecule has 1 amide bonds. The molecule has 0 saturated heterocycles. The Labute approximate surface area is 169 Å². The van der Waals surface area contributed by atoms with Gasteiger partial charge in [-0.25, -0.2) is 15.2 Å². The molecule has 9 nitrogen and oxygen atoms in total. The second-order valence-electron chi connectivity index (χ2n) is 6.48. The first kappa shape index (κ1) is 23.1. The Bertz CT molecular complexity index is 883. The molecule has 0 aliphatic rings. The fourth-order valence-electron chi connectivity index (χ4n) is 2.40. The van der Waals surface area contributed by atoms with Gasteiger partial charge in [-0.15, -0.1) is 5.10 Å². The molecule has 2 aromatic heterocycles. The van der Waals surface area contributed by atoms with E-state index in [1.165, 1.54) is 16.8 Å². The van der Waals surface area contributed by atoms with E-state index < -0.39 is 23.9 Å². The minimum Gasteiger partial charge on any atom is -0.393 e. The van der Waals surface area contributed by atoms with Gasteiger partial charge in [0.15, 0.2) is 0 Å². The van der Waals surface area contributed by atoms with Gasteiger partial charge < -0.3 is 16.1 Å². The number of rotatable bonds is 9. The molecule has 0 fully saturated rings. The fraction of sp³-hybridized carbons (Fsp3) is 0.412. The topological polar surface area (TPSA) is 128 Å². The number of nitrogens with two attached hydrogens (primary N) is 2. The molecular formula is C17H22F4N8O. The highest BCUT2D eigenvalue weighted by atomic mass is 19.4. The number of halogens is 4. The number of nitrogens with zero attached hydrogens (tertiary/aromatic N) is 5. The highest BCUT2D eigenvalue weighted by Crippen LogP contribution is 2.27. The number of hydrogen-bond donors (Lipinski definition) is 3. The average molecular weight is 430 g/mol. The van der Waals surface area contributed by atoms with Crippen LogP contribution in [0.4, 0.5) is 17.6 Å². The van der Waals surface area contributed by atoms with Crippen molar-refractivity contribution in [3.8, 4) is 0 Å². The normalized spacial score (nSPS) is 13.2. The summed E-state index contributed by atoms with van der Waals surface area (Å²) in [5.41, 5.74) is 4.93. The smallest absolute Gasteiger partial charge is 0.393 e. The molecule has 1 unspecified atom stereocenters. The molecule has 0 spiro atoms. The zero-order valence-electron chi connectivity index (χ0n) is 16.1. The monoisotopic (exact) mass is 430 g/mol. The van der Waals surface area contributed by atoms with Gasteiger partial charge in [-0.3, -0.25) is 9.48 Å². The summed E-state index contributed by atoms with van der Waals surface area (Å²) in [6.45, 7) is 1.57. The van der Waals surface area contributed by atoms with Gasteiger partial charge in [0.25, 0.3) is 5.91 Å².